The van der Waals surface area contributed by atoms with Gasteiger partial charge in [-0.1, -0.05) is 12.1 Å². The average molecular weight is 324 g/mol. The van der Waals surface area contributed by atoms with Gasteiger partial charge in [-0.05, 0) is 36.2 Å². The maximum Gasteiger partial charge on any atom is 0.269 e. The minimum Gasteiger partial charge on any atom is -0.258 e. The zero-order chi connectivity index (χ0) is 16.2. The molecule has 0 aromatic heterocycles. The molecule has 116 valence electrons. The zero-order valence-electron chi connectivity index (χ0n) is 11.4. The summed E-state index contributed by atoms with van der Waals surface area (Å²) in [4.78, 5) is 9.89. The van der Waals surface area contributed by atoms with Gasteiger partial charge in [0.2, 0.25) is 10.0 Å². The first kappa shape index (κ1) is 16.1. The van der Waals surface area contributed by atoms with Crippen molar-refractivity contribution < 1.29 is 17.7 Å². The smallest absolute Gasteiger partial charge is 0.258 e. The average Bonchev–Trinajstić information content (AvgIpc) is 2.49. The summed E-state index contributed by atoms with van der Waals surface area (Å²) in [5.41, 5.74) is 0.623. The SMILES string of the molecule is O=[N+]([O-])c1ccc(S(=O)(=O)NCCc2ccc(F)cc2)cc1. The van der Waals surface area contributed by atoms with E-state index in [-0.39, 0.29) is 22.9 Å². The van der Waals surface area contributed by atoms with Crippen LogP contribution >= 0.6 is 0 Å². The van der Waals surface area contributed by atoms with Gasteiger partial charge >= 0.3 is 0 Å². The molecule has 0 unspecified atom stereocenters. The summed E-state index contributed by atoms with van der Waals surface area (Å²) in [6.45, 7) is 0.144. The van der Waals surface area contributed by atoms with E-state index >= 15 is 0 Å². The maximum atomic E-state index is 12.7. The first-order valence-electron chi connectivity index (χ1n) is 6.37. The highest BCUT2D eigenvalue weighted by Crippen LogP contribution is 2.15. The molecule has 2 rings (SSSR count). The Morgan fingerprint density at radius 2 is 1.64 bits per heavy atom. The Morgan fingerprint density at radius 3 is 2.18 bits per heavy atom. The molecule has 0 saturated heterocycles. The molecule has 0 aliphatic heterocycles. The van der Waals surface area contributed by atoms with Gasteiger partial charge in [0.15, 0.2) is 0 Å². The Hall–Kier alpha value is -2.32. The van der Waals surface area contributed by atoms with Crippen molar-refractivity contribution in [1.82, 2.24) is 4.72 Å². The summed E-state index contributed by atoms with van der Waals surface area (Å²) < 4.78 is 39.2. The monoisotopic (exact) mass is 324 g/mol. The van der Waals surface area contributed by atoms with Crippen LogP contribution in [0.5, 0.6) is 0 Å². The molecule has 0 fully saturated rings. The second-order valence-electron chi connectivity index (χ2n) is 4.53. The Kier molecular flexibility index (Phi) is 4.84. The van der Waals surface area contributed by atoms with Crippen LogP contribution in [0.25, 0.3) is 0 Å². The number of rotatable bonds is 6. The zero-order valence-corrected chi connectivity index (χ0v) is 12.2. The highest BCUT2D eigenvalue weighted by atomic mass is 32.2. The van der Waals surface area contributed by atoms with Crippen LogP contribution in [0, 0.1) is 15.9 Å². The van der Waals surface area contributed by atoms with Crippen molar-refractivity contribution >= 4 is 15.7 Å². The highest BCUT2D eigenvalue weighted by Gasteiger charge is 2.15. The van der Waals surface area contributed by atoms with Crippen LogP contribution in [0.1, 0.15) is 5.56 Å². The molecule has 2 aromatic carbocycles. The van der Waals surface area contributed by atoms with Gasteiger partial charge in [-0.2, -0.15) is 0 Å². The minimum absolute atomic E-state index is 0.0443. The molecule has 2 aromatic rings. The van der Waals surface area contributed by atoms with Gasteiger partial charge in [0.05, 0.1) is 9.82 Å². The molecule has 0 aliphatic rings. The molecular weight excluding hydrogens is 311 g/mol. The third-order valence-electron chi connectivity index (χ3n) is 2.98. The standard InChI is InChI=1S/C14H13FN2O4S/c15-12-3-1-11(2-4-12)9-10-16-22(20,21)14-7-5-13(6-8-14)17(18)19/h1-8,16H,9-10H2. The molecule has 1 N–H and O–H groups in total. The number of non-ortho nitro benzene ring substituents is 1. The molecule has 22 heavy (non-hydrogen) atoms. The van der Waals surface area contributed by atoms with Crippen LogP contribution < -0.4 is 4.72 Å². The van der Waals surface area contributed by atoms with Crippen LogP contribution in [-0.4, -0.2) is 19.9 Å². The summed E-state index contributed by atoms with van der Waals surface area (Å²) in [6, 6.07) is 10.4. The van der Waals surface area contributed by atoms with E-state index in [2.05, 4.69) is 4.72 Å². The van der Waals surface area contributed by atoms with E-state index in [9.17, 15) is 22.9 Å². The molecule has 6 nitrogen and oxygen atoms in total. The van der Waals surface area contributed by atoms with E-state index in [1.165, 1.54) is 24.3 Å². The number of hydrogen-bond acceptors (Lipinski definition) is 4. The number of nitro groups is 1. The van der Waals surface area contributed by atoms with Gasteiger partial charge in [0.1, 0.15) is 5.82 Å². The summed E-state index contributed by atoms with van der Waals surface area (Å²) >= 11 is 0. The van der Waals surface area contributed by atoms with E-state index in [0.29, 0.717) is 6.42 Å². The summed E-state index contributed by atoms with van der Waals surface area (Å²) in [6.07, 6.45) is 0.409. The van der Waals surface area contributed by atoms with Gasteiger partial charge in [0, 0.05) is 18.7 Å². The number of nitro benzene ring substituents is 1. The third-order valence-corrected chi connectivity index (χ3v) is 4.45. The largest absolute Gasteiger partial charge is 0.269 e. The van der Waals surface area contributed by atoms with E-state index in [0.717, 1.165) is 17.7 Å². The molecule has 0 atom stereocenters. The second-order valence-corrected chi connectivity index (χ2v) is 6.29. The van der Waals surface area contributed by atoms with Gasteiger partial charge in [-0.3, -0.25) is 10.1 Å². The number of halogens is 1. The van der Waals surface area contributed by atoms with Crippen molar-refractivity contribution in [2.75, 3.05) is 6.54 Å². The first-order valence-corrected chi connectivity index (χ1v) is 7.85. The fourth-order valence-corrected chi connectivity index (χ4v) is 2.84. The fourth-order valence-electron chi connectivity index (χ4n) is 1.81. The minimum atomic E-state index is -3.73. The van der Waals surface area contributed by atoms with E-state index in [4.69, 9.17) is 0 Å². The topological polar surface area (TPSA) is 89.3 Å². The van der Waals surface area contributed by atoms with Gasteiger partial charge in [-0.25, -0.2) is 17.5 Å². The Morgan fingerprint density at radius 1 is 1.05 bits per heavy atom. The predicted molar refractivity (Wildman–Crippen MR) is 78.4 cm³/mol. The Balaban J connectivity index is 1.98. The molecule has 0 amide bonds. The van der Waals surface area contributed by atoms with Crippen molar-refractivity contribution in [3.8, 4) is 0 Å². The number of benzene rings is 2. The van der Waals surface area contributed by atoms with E-state index < -0.39 is 14.9 Å². The lowest BCUT2D eigenvalue weighted by Crippen LogP contribution is -2.26. The highest BCUT2D eigenvalue weighted by molar-refractivity contribution is 7.89. The van der Waals surface area contributed by atoms with Crippen molar-refractivity contribution in [3.05, 3.63) is 70.0 Å². The maximum absolute atomic E-state index is 12.7. The van der Waals surface area contributed by atoms with Crippen molar-refractivity contribution in [1.29, 1.82) is 0 Å². The second kappa shape index (κ2) is 6.63. The molecular formula is C14H13FN2O4S. The fraction of sp³-hybridized carbons (Fsp3) is 0.143. The molecule has 0 saturated carbocycles. The summed E-state index contributed by atoms with van der Waals surface area (Å²) in [5.74, 6) is -0.352. The van der Waals surface area contributed by atoms with E-state index in [1.54, 1.807) is 12.1 Å². The van der Waals surface area contributed by atoms with Gasteiger partial charge in [0.25, 0.3) is 5.69 Å². The first-order chi connectivity index (χ1) is 10.4. The lowest BCUT2D eigenvalue weighted by atomic mass is 10.1. The normalized spacial score (nSPS) is 11.3. The Bertz CT molecular complexity index is 758. The van der Waals surface area contributed by atoms with Crippen LogP contribution in [0.15, 0.2) is 53.4 Å². The number of nitrogens with zero attached hydrogens (tertiary/aromatic N) is 1. The molecule has 8 heteroatoms. The molecule has 0 bridgehead atoms. The van der Waals surface area contributed by atoms with Crippen LogP contribution in [-0.2, 0) is 16.4 Å². The van der Waals surface area contributed by atoms with Crippen LogP contribution in [0.2, 0.25) is 0 Å². The van der Waals surface area contributed by atoms with E-state index in [1.807, 2.05) is 0 Å². The van der Waals surface area contributed by atoms with Crippen molar-refractivity contribution in [3.63, 3.8) is 0 Å². The third kappa shape index (κ3) is 4.09. The molecule has 0 radical (unpaired) electrons. The summed E-state index contributed by atoms with van der Waals surface area (Å²) in [7, 11) is -3.73. The number of sulfonamides is 1. The Labute approximate surface area is 126 Å². The van der Waals surface area contributed by atoms with Crippen LogP contribution in [0.4, 0.5) is 10.1 Å². The lowest BCUT2D eigenvalue weighted by Gasteiger charge is -2.06. The lowest BCUT2D eigenvalue weighted by molar-refractivity contribution is -0.384. The quantitative estimate of drug-likeness (QED) is 0.652. The van der Waals surface area contributed by atoms with Gasteiger partial charge in [-0.15, -0.1) is 0 Å². The van der Waals surface area contributed by atoms with Crippen molar-refractivity contribution in [2.24, 2.45) is 0 Å². The number of hydrogen-bond donors (Lipinski definition) is 1. The van der Waals surface area contributed by atoms with Crippen LogP contribution in [0.3, 0.4) is 0 Å². The van der Waals surface area contributed by atoms with Crippen molar-refractivity contribution in [2.45, 2.75) is 11.3 Å². The molecule has 0 spiro atoms. The van der Waals surface area contributed by atoms with Gasteiger partial charge < -0.3 is 0 Å². The summed E-state index contributed by atoms with van der Waals surface area (Å²) in [5, 5.41) is 10.5. The molecule has 0 aliphatic carbocycles. The molecule has 0 heterocycles. The number of nitrogens with one attached hydrogen (secondary N) is 1. The predicted octanol–water partition coefficient (Wildman–Crippen LogP) is 2.25.